The Morgan fingerprint density at radius 3 is 2.71 bits per heavy atom. The van der Waals surface area contributed by atoms with E-state index in [1.807, 2.05) is 0 Å². The van der Waals surface area contributed by atoms with Crippen molar-refractivity contribution in [3.8, 4) is 0 Å². The Kier molecular flexibility index (Phi) is 1.53. The highest BCUT2D eigenvalue weighted by Crippen LogP contribution is 2.24. The number of nitrogens with two attached hydrogens (primary N) is 3. The minimum Gasteiger partial charge on any atom is -0.445 e. The van der Waals surface area contributed by atoms with Crippen LogP contribution in [0.1, 0.15) is 10.4 Å². The number of furan rings is 1. The Morgan fingerprint density at radius 1 is 1.36 bits per heavy atom. The lowest BCUT2D eigenvalue weighted by Gasteiger charge is -1.96. The van der Waals surface area contributed by atoms with Gasteiger partial charge in [0.25, 0.3) is 5.91 Å². The molecule has 0 radical (unpaired) electrons. The maximum Gasteiger partial charge on any atom is 0.252 e. The van der Waals surface area contributed by atoms with Gasteiger partial charge in [0.15, 0.2) is 0 Å². The summed E-state index contributed by atoms with van der Waals surface area (Å²) in [4.78, 5) is 18.4. The summed E-state index contributed by atoms with van der Waals surface area (Å²) >= 11 is 0. The molecule has 0 saturated heterocycles. The third kappa shape index (κ3) is 1.03. The van der Waals surface area contributed by atoms with Gasteiger partial charge in [0.1, 0.15) is 12.1 Å². The van der Waals surface area contributed by atoms with E-state index in [-0.39, 0.29) is 23.0 Å². The molecular formula is C7H7N5O2. The van der Waals surface area contributed by atoms with E-state index in [0.717, 1.165) is 0 Å². The lowest BCUT2D eigenvalue weighted by Crippen LogP contribution is -2.11. The van der Waals surface area contributed by atoms with Gasteiger partial charge in [-0.15, -0.1) is 0 Å². The molecule has 0 saturated carbocycles. The number of anilines is 2. The third-order valence-corrected chi connectivity index (χ3v) is 1.74. The van der Waals surface area contributed by atoms with Crippen molar-refractivity contribution < 1.29 is 9.21 Å². The number of nitrogen functional groups attached to an aromatic ring is 2. The summed E-state index contributed by atoms with van der Waals surface area (Å²) in [5.41, 5.74) is 16.3. The molecule has 6 N–H and O–H groups in total. The van der Waals surface area contributed by atoms with E-state index in [9.17, 15) is 4.79 Å². The maximum atomic E-state index is 10.9. The molecule has 2 aromatic heterocycles. The molecule has 0 aliphatic carbocycles. The van der Waals surface area contributed by atoms with Gasteiger partial charge in [0.05, 0.1) is 10.9 Å². The maximum absolute atomic E-state index is 10.9. The van der Waals surface area contributed by atoms with E-state index in [2.05, 4.69) is 9.97 Å². The number of hydrogen-bond acceptors (Lipinski definition) is 6. The quantitative estimate of drug-likeness (QED) is 0.558. The molecule has 72 valence electrons. The molecule has 2 heterocycles. The van der Waals surface area contributed by atoms with Crippen molar-refractivity contribution in [2.75, 3.05) is 11.5 Å². The van der Waals surface area contributed by atoms with Crippen molar-refractivity contribution in [3.05, 3.63) is 11.8 Å². The van der Waals surface area contributed by atoms with Crippen LogP contribution in [0.25, 0.3) is 11.1 Å². The largest absolute Gasteiger partial charge is 0.445 e. The minimum absolute atomic E-state index is 0.0135. The van der Waals surface area contributed by atoms with Crippen LogP contribution in [0.15, 0.2) is 10.7 Å². The van der Waals surface area contributed by atoms with E-state index in [1.165, 1.54) is 6.26 Å². The summed E-state index contributed by atoms with van der Waals surface area (Å²) in [6.07, 6.45) is 1.18. The number of amides is 1. The van der Waals surface area contributed by atoms with Crippen molar-refractivity contribution in [1.82, 2.24) is 9.97 Å². The van der Waals surface area contributed by atoms with Crippen molar-refractivity contribution in [2.24, 2.45) is 5.73 Å². The Balaban J connectivity index is 2.85. The second-order valence-electron chi connectivity index (χ2n) is 2.66. The summed E-state index contributed by atoms with van der Waals surface area (Å²) in [6.45, 7) is 0. The van der Waals surface area contributed by atoms with Crippen LogP contribution in [0.5, 0.6) is 0 Å². The first-order valence-electron chi connectivity index (χ1n) is 3.69. The predicted octanol–water partition coefficient (Wildman–Crippen LogP) is -0.514. The molecule has 2 aromatic rings. The Bertz CT molecular complexity index is 518. The molecule has 0 aliphatic heterocycles. The number of hydrogen-bond donors (Lipinski definition) is 3. The second kappa shape index (κ2) is 2.59. The zero-order valence-corrected chi connectivity index (χ0v) is 7.02. The van der Waals surface area contributed by atoms with Gasteiger partial charge in [0.2, 0.25) is 11.7 Å². The SMILES string of the molecule is NC(=O)c1coc2nc(N)nc(N)c12. The Morgan fingerprint density at radius 2 is 2.07 bits per heavy atom. The Labute approximate surface area is 77.9 Å². The molecule has 0 aliphatic rings. The molecule has 7 nitrogen and oxygen atoms in total. The van der Waals surface area contributed by atoms with Gasteiger partial charge in [-0.25, -0.2) is 0 Å². The molecule has 0 atom stereocenters. The molecule has 7 heteroatoms. The van der Waals surface area contributed by atoms with Gasteiger partial charge in [-0.1, -0.05) is 0 Å². The molecule has 1 amide bonds. The molecular weight excluding hydrogens is 186 g/mol. The van der Waals surface area contributed by atoms with Gasteiger partial charge in [-0.2, -0.15) is 9.97 Å². The number of fused-ring (bicyclic) bond motifs is 1. The van der Waals surface area contributed by atoms with Crippen LogP contribution < -0.4 is 17.2 Å². The van der Waals surface area contributed by atoms with Crippen molar-refractivity contribution in [2.45, 2.75) is 0 Å². The first kappa shape index (κ1) is 8.30. The fraction of sp³-hybridized carbons (Fsp3) is 0. The summed E-state index contributed by atoms with van der Waals surface area (Å²) in [5.74, 6) is -0.584. The monoisotopic (exact) mass is 193 g/mol. The molecule has 0 unspecified atom stereocenters. The minimum atomic E-state index is -0.649. The van der Waals surface area contributed by atoms with Gasteiger partial charge in [-0.05, 0) is 0 Å². The average molecular weight is 193 g/mol. The van der Waals surface area contributed by atoms with Crippen molar-refractivity contribution in [3.63, 3.8) is 0 Å². The number of rotatable bonds is 1. The van der Waals surface area contributed by atoms with Crippen LogP contribution in [0, 0.1) is 0 Å². The highest BCUT2D eigenvalue weighted by Gasteiger charge is 2.16. The molecule has 14 heavy (non-hydrogen) atoms. The standard InChI is InChI=1S/C7H7N5O2/c8-4-3-2(5(9)13)1-14-6(3)12-7(10)11-4/h1H,(H2,9,13)(H4,8,10,11,12). The smallest absolute Gasteiger partial charge is 0.252 e. The van der Waals surface area contributed by atoms with Crippen LogP contribution in [0.2, 0.25) is 0 Å². The normalized spacial score (nSPS) is 10.6. The van der Waals surface area contributed by atoms with Gasteiger partial charge in [0, 0.05) is 0 Å². The summed E-state index contributed by atoms with van der Waals surface area (Å²) in [5, 5.41) is 0.298. The van der Waals surface area contributed by atoms with Crippen molar-refractivity contribution >= 4 is 28.8 Å². The van der Waals surface area contributed by atoms with Gasteiger partial charge in [-0.3, -0.25) is 4.79 Å². The van der Waals surface area contributed by atoms with Crippen LogP contribution in [0.3, 0.4) is 0 Å². The van der Waals surface area contributed by atoms with Crippen LogP contribution in [0.4, 0.5) is 11.8 Å². The third-order valence-electron chi connectivity index (χ3n) is 1.74. The molecule has 0 fully saturated rings. The second-order valence-corrected chi connectivity index (χ2v) is 2.66. The highest BCUT2D eigenvalue weighted by atomic mass is 16.3. The van der Waals surface area contributed by atoms with Crippen LogP contribution >= 0.6 is 0 Å². The first-order chi connectivity index (χ1) is 6.59. The molecule has 2 rings (SSSR count). The predicted molar refractivity (Wildman–Crippen MR) is 49.1 cm³/mol. The van der Waals surface area contributed by atoms with Gasteiger partial charge >= 0.3 is 0 Å². The summed E-state index contributed by atoms with van der Waals surface area (Å²) < 4.78 is 4.96. The zero-order valence-electron chi connectivity index (χ0n) is 7.02. The topological polar surface area (TPSA) is 134 Å². The fourth-order valence-electron chi connectivity index (χ4n) is 1.17. The van der Waals surface area contributed by atoms with Gasteiger partial charge < -0.3 is 21.6 Å². The van der Waals surface area contributed by atoms with E-state index in [1.54, 1.807) is 0 Å². The number of aromatic nitrogens is 2. The van der Waals surface area contributed by atoms with Crippen molar-refractivity contribution in [1.29, 1.82) is 0 Å². The van der Waals surface area contributed by atoms with E-state index in [4.69, 9.17) is 21.6 Å². The highest BCUT2D eigenvalue weighted by molar-refractivity contribution is 6.07. The van der Waals surface area contributed by atoms with E-state index in [0.29, 0.717) is 5.39 Å². The number of carbonyl (C=O) groups is 1. The summed E-state index contributed by atoms with van der Waals surface area (Å²) in [7, 11) is 0. The van der Waals surface area contributed by atoms with Crippen LogP contribution in [-0.4, -0.2) is 15.9 Å². The molecule has 0 aromatic carbocycles. The van der Waals surface area contributed by atoms with E-state index >= 15 is 0 Å². The first-order valence-corrected chi connectivity index (χ1v) is 3.69. The number of primary amides is 1. The molecule has 0 bridgehead atoms. The number of carbonyl (C=O) groups excluding carboxylic acids is 1. The lowest BCUT2D eigenvalue weighted by atomic mass is 10.2. The Hall–Kier alpha value is -2.31. The summed E-state index contributed by atoms with van der Waals surface area (Å²) in [6, 6.07) is 0. The fourth-order valence-corrected chi connectivity index (χ4v) is 1.17. The molecule has 0 spiro atoms. The lowest BCUT2D eigenvalue weighted by molar-refractivity contribution is 0.100. The average Bonchev–Trinajstić information content (AvgIpc) is 2.47. The van der Waals surface area contributed by atoms with Crippen LogP contribution in [-0.2, 0) is 0 Å². The zero-order chi connectivity index (χ0) is 10.3. The van der Waals surface area contributed by atoms with E-state index < -0.39 is 5.91 Å². The number of nitrogens with zero attached hydrogens (tertiary/aromatic N) is 2.